The van der Waals surface area contributed by atoms with Gasteiger partial charge in [0.25, 0.3) is 0 Å². The molecule has 0 spiro atoms. The third kappa shape index (κ3) is 3.39. The van der Waals surface area contributed by atoms with Crippen LogP contribution in [-0.4, -0.2) is 41.1 Å². The molecule has 0 aliphatic heterocycles. The highest BCUT2D eigenvalue weighted by atomic mass is 32.2. The second kappa shape index (κ2) is 6.58. The Kier molecular flexibility index (Phi) is 4.50. The highest BCUT2D eigenvalue weighted by molar-refractivity contribution is 7.89. The van der Waals surface area contributed by atoms with E-state index in [1.54, 1.807) is 67.6 Å². The van der Waals surface area contributed by atoms with Crippen LogP contribution in [0.4, 0.5) is 0 Å². The molecule has 0 aliphatic rings. The van der Waals surface area contributed by atoms with Crippen LogP contribution in [0.25, 0.3) is 11.3 Å². The lowest BCUT2D eigenvalue weighted by molar-refractivity contribution is 0.433. The summed E-state index contributed by atoms with van der Waals surface area (Å²) < 4.78 is 33.4. The van der Waals surface area contributed by atoms with E-state index in [0.29, 0.717) is 24.7 Å². The van der Waals surface area contributed by atoms with Crippen LogP contribution in [0.3, 0.4) is 0 Å². The first-order valence-electron chi connectivity index (χ1n) is 7.43. The van der Waals surface area contributed by atoms with E-state index < -0.39 is 10.0 Å². The molecular formula is C16H18N4O3S. The largest absolute Gasteiger partial charge is 0.449 e. The predicted molar refractivity (Wildman–Crippen MR) is 88.7 cm³/mol. The summed E-state index contributed by atoms with van der Waals surface area (Å²) in [5, 5.41) is 4.07. The summed E-state index contributed by atoms with van der Waals surface area (Å²) in [6.45, 7) is 2.60. The van der Waals surface area contributed by atoms with Crippen molar-refractivity contribution in [2.75, 3.05) is 13.6 Å². The van der Waals surface area contributed by atoms with Crippen molar-refractivity contribution in [1.82, 2.24) is 19.1 Å². The smallest absolute Gasteiger partial charge is 0.242 e. The van der Waals surface area contributed by atoms with Crippen molar-refractivity contribution in [2.24, 2.45) is 0 Å². The maximum absolute atomic E-state index is 12.6. The highest BCUT2D eigenvalue weighted by Crippen LogP contribution is 2.22. The molecule has 0 saturated heterocycles. The summed E-state index contributed by atoms with van der Waals surface area (Å²) in [6, 6.07) is 8.42. The summed E-state index contributed by atoms with van der Waals surface area (Å²) in [4.78, 5) is 4.47. The molecule has 0 radical (unpaired) electrons. The number of nitrogens with zero attached hydrogens (tertiary/aromatic N) is 4. The Morgan fingerprint density at radius 1 is 1.25 bits per heavy atom. The molecule has 0 fully saturated rings. The van der Waals surface area contributed by atoms with Gasteiger partial charge in [-0.1, -0.05) is 12.1 Å². The van der Waals surface area contributed by atoms with Crippen molar-refractivity contribution in [1.29, 1.82) is 0 Å². The van der Waals surface area contributed by atoms with E-state index in [4.69, 9.17) is 4.42 Å². The van der Waals surface area contributed by atoms with E-state index in [2.05, 4.69) is 10.1 Å². The van der Waals surface area contributed by atoms with Gasteiger partial charge >= 0.3 is 0 Å². The zero-order valence-electron chi connectivity index (χ0n) is 13.5. The molecule has 2 aromatic heterocycles. The minimum atomic E-state index is -3.54. The van der Waals surface area contributed by atoms with Gasteiger partial charge in [-0.2, -0.15) is 9.40 Å². The van der Waals surface area contributed by atoms with Gasteiger partial charge in [-0.05, 0) is 18.2 Å². The Balaban J connectivity index is 1.74. The molecular weight excluding hydrogens is 328 g/mol. The minimum Gasteiger partial charge on any atom is -0.449 e. The number of sulfonamides is 1. The van der Waals surface area contributed by atoms with Gasteiger partial charge in [-0.25, -0.2) is 13.4 Å². The number of rotatable bonds is 6. The topological polar surface area (TPSA) is 81.2 Å². The molecule has 0 bridgehead atoms. The quantitative estimate of drug-likeness (QED) is 0.683. The van der Waals surface area contributed by atoms with Gasteiger partial charge in [0.15, 0.2) is 5.89 Å². The van der Waals surface area contributed by atoms with Gasteiger partial charge in [0, 0.05) is 38.5 Å². The predicted octanol–water partition coefficient (Wildman–Crippen LogP) is 2.17. The zero-order valence-corrected chi connectivity index (χ0v) is 14.3. The van der Waals surface area contributed by atoms with E-state index in [0.717, 1.165) is 5.56 Å². The van der Waals surface area contributed by atoms with Crippen LogP contribution in [0.1, 0.15) is 5.89 Å². The van der Waals surface area contributed by atoms with E-state index in [1.807, 2.05) is 0 Å². The fourth-order valence-electron chi connectivity index (χ4n) is 2.27. The van der Waals surface area contributed by atoms with Crippen LogP contribution in [-0.2, 0) is 16.6 Å². The molecule has 0 N–H and O–H groups in total. The van der Waals surface area contributed by atoms with E-state index in [1.165, 1.54) is 4.31 Å². The molecule has 3 aromatic rings. The number of likely N-dealkylation sites (N-methyl/N-ethyl adjacent to an activating group) is 1. The summed E-state index contributed by atoms with van der Waals surface area (Å²) in [6.07, 6.45) is 5.02. The van der Waals surface area contributed by atoms with Crippen molar-refractivity contribution in [2.45, 2.75) is 18.4 Å². The molecule has 7 nitrogen and oxygen atoms in total. The van der Waals surface area contributed by atoms with Crippen LogP contribution >= 0.6 is 0 Å². The first-order valence-corrected chi connectivity index (χ1v) is 8.87. The highest BCUT2D eigenvalue weighted by Gasteiger charge is 2.20. The third-order valence-corrected chi connectivity index (χ3v) is 5.55. The van der Waals surface area contributed by atoms with E-state index in [-0.39, 0.29) is 4.90 Å². The van der Waals surface area contributed by atoms with Crippen molar-refractivity contribution in [3.05, 3.63) is 54.9 Å². The standard InChI is InChI=1S/C16H18N4O3S/c1-13-18-16(12-23-13)14-4-6-15(7-5-14)24(21,22)19(2)10-11-20-9-3-8-17-20/h3-9,12H,10-11H2,1-2H3. The molecule has 24 heavy (non-hydrogen) atoms. The lowest BCUT2D eigenvalue weighted by Gasteiger charge is -2.17. The van der Waals surface area contributed by atoms with Gasteiger partial charge < -0.3 is 4.42 Å². The molecule has 0 atom stereocenters. The Labute approximate surface area is 140 Å². The van der Waals surface area contributed by atoms with Crippen LogP contribution in [0, 0.1) is 6.92 Å². The fraction of sp³-hybridized carbons (Fsp3) is 0.250. The maximum atomic E-state index is 12.6. The molecule has 3 rings (SSSR count). The first-order chi connectivity index (χ1) is 11.5. The number of aryl methyl sites for hydroxylation is 1. The lowest BCUT2D eigenvalue weighted by Crippen LogP contribution is -2.30. The second-order valence-corrected chi connectivity index (χ2v) is 7.42. The monoisotopic (exact) mass is 346 g/mol. The Hall–Kier alpha value is -2.45. The summed E-state index contributed by atoms with van der Waals surface area (Å²) in [5.41, 5.74) is 1.49. The maximum Gasteiger partial charge on any atom is 0.242 e. The van der Waals surface area contributed by atoms with Gasteiger partial charge in [0.2, 0.25) is 10.0 Å². The van der Waals surface area contributed by atoms with Crippen molar-refractivity contribution < 1.29 is 12.8 Å². The first kappa shape index (κ1) is 16.4. The number of benzene rings is 1. The van der Waals surface area contributed by atoms with Crippen LogP contribution in [0.2, 0.25) is 0 Å². The molecule has 1 aromatic carbocycles. The van der Waals surface area contributed by atoms with E-state index in [9.17, 15) is 8.42 Å². The third-order valence-electron chi connectivity index (χ3n) is 3.68. The van der Waals surface area contributed by atoms with Gasteiger partial charge in [0.05, 0.1) is 11.4 Å². The zero-order chi connectivity index (χ0) is 17.2. The van der Waals surface area contributed by atoms with Crippen LogP contribution < -0.4 is 0 Å². The lowest BCUT2D eigenvalue weighted by atomic mass is 10.2. The molecule has 2 heterocycles. The summed E-state index contributed by atoms with van der Waals surface area (Å²) >= 11 is 0. The molecule has 0 aliphatic carbocycles. The minimum absolute atomic E-state index is 0.245. The average Bonchev–Trinajstić information content (AvgIpc) is 3.24. The van der Waals surface area contributed by atoms with Crippen molar-refractivity contribution in [3.63, 3.8) is 0 Å². The van der Waals surface area contributed by atoms with Crippen molar-refractivity contribution >= 4 is 10.0 Å². The number of hydrogen-bond donors (Lipinski definition) is 0. The molecule has 8 heteroatoms. The van der Waals surface area contributed by atoms with Crippen LogP contribution in [0.5, 0.6) is 0 Å². The normalized spacial score (nSPS) is 12.0. The fourth-order valence-corrected chi connectivity index (χ4v) is 3.43. The van der Waals surface area contributed by atoms with Gasteiger partial charge in [-0.3, -0.25) is 4.68 Å². The van der Waals surface area contributed by atoms with Gasteiger partial charge in [0.1, 0.15) is 12.0 Å². The van der Waals surface area contributed by atoms with E-state index >= 15 is 0 Å². The van der Waals surface area contributed by atoms with Crippen LogP contribution in [0.15, 0.2) is 58.3 Å². The molecule has 0 saturated carbocycles. The Morgan fingerprint density at radius 2 is 2.00 bits per heavy atom. The number of hydrogen-bond acceptors (Lipinski definition) is 5. The molecule has 0 unspecified atom stereocenters. The SMILES string of the molecule is Cc1nc(-c2ccc(S(=O)(=O)N(C)CCn3cccn3)cc2)co1. The molecule has 0 amide bonds. The average molecular weight is 346 g/mol. The summed E-state index contributed by atoms with van der Waals surface area (Å²) in [5.74, 6) is 0.569. The second-order valence-electron chi connectivity index (χ2n) is 5.37. The van der Waals surface area contributed by atoms with Crippen molar-refractivity contribution in [3.8, 4) is 11.3 Å². The number of aromatic nitrogens is 3. The Bertz CT molecular complexity index is 899. The number of oxazole rings is 1. The molecule has 126 valence electrons. The summed E-state index contributed by atoms with van der Waals surface area (Å²) in [7, 11) is -1.97. The Morgan fingerprint density at radius 3 is 2.58 bits per heavy atom. The van der Waals surface area contributed by atoms with Gasteiger partial charge in [-0.15, -0.1) is 0 Å².